The van der Waals surface area contributed by atoms with Gasteiger partial charge in [0.2, 0.25) is 0 Å². The van der Waals surface area contributed by atoms with Gasteiger partial charge < -0.3 is 10.6 Å². The number of carbonyl (C=O) groups excluding carboxylic acids is 1. The zero-order chi connectivity index (χ0) is 15.1. The van der Waals surface area contributed by atoms with Crippen molar-refractivity contribution in [1.82, 2.24) is 10.6 Å². The maximum atomic E-state index is 12.9. The first-order valence-electron chi connectivity index (χ1n) is 6.34. The van der Waals surface area contributed by atoms with Crippen LogP contribution in [0.25, 0.3) is 6.08 Å². The predicted octanol–water partition coefficient (Wildman–Crippen LogP) is 3.43. The Hall–Kier alpha value is -2.69. The SMILES string of the molecule is O=C(N/C=C/c1cccc(F)c1)NCc1ccc(F)cc1. The minimum Gasteiger partial charge on any atom is -0.334 e. The van der Waals surface area contributed by atoms with Gasteiger partial charge in [-0.15, -0.1) is 0 Å². The molecule has 2 amide bonds. The molecule has 2 aromatic rings. The lowest BCUT2D eigenvalue weighted by atomic mass is 10.2. The molecule has 0 atom stereocenters. The van der Waals surface area contributed by atoms with Crippen LogP contribution in [0.1, 0.15) is 11.1 Å². The summed E-state index contributed by atoms with van der Waals surface area (Å²) in [4.78, 5) is 11.5. The lowest BCUT2D eigenvalue weighted by Gasteiger charge is -2.04. The fourth-order valence-electron chi connectivity index (χ4n) is 1.66. The fourth-order valence-corrected chi connectivity index (χ4v) is 1.66. The second-order valence-corrected chi connectivity index (χ2v) is 4.34. The van der Waals surface area contributed by atoms with E-state index in [0.717, 1.165) is 5.56 Å². The summed E-state index contributed by atoms with van der Waals surface area (Å²) in [6, 6.07) is 11.5. The highest BCUT2D eigenvalue weighted by atomic mass is 19.1. The summed E-state index contributed by atoms with van der Waals surface area (Å²) in [5.74, 6) is -0.654. The van der Waals surface area contributed by atoms with Crippen LogP contribution in [0.4, 0.5) is 13.6 Å². The maximum Gasteiger partial charge on any atom is 0.319 e. The molecule has 21 heavy (non-hydrogen) atoms. The number of nitrogens with one attached hydrogen (secondary N) is 2. The molecule has 0 unspecified atom stereocenters. The minimum absolute atomic E-state index is 0.292. The van der Waals surface area contributed by atoms with Crippen molar-refractivity contribution in [3.05, 3.63) is 77.5 Å². The monoisotopic (exact) mass is 288 g/mol. The zero-order valence-electron chi connectivity index (χ0n) is 11.1. The van der Waals surface area contributed by atoms with E-state index in [2.05, 4.69) is 10.6 Å². The Labute approximate surface area is 121 Å². The van der Waals surface area contributed by atoms with Crippen LogP contribution in [0.3, 0.4) is 0 Å². The molecule has 0 bridgehead atoms. The third kappa shape index (κ3) is 5.06. The number of halogens is 2. The molecule has 0 aliphatic carbocycles. The molecular formula is C16H14F2N2O. The van der Waals surface area contributed by atoms with Crippen molar-refractivity contribution in [3.63, 3.8) is 0 Å². The highest BCUT2D eigenvalue weighted by Gasteiger charge is 1.98. The van der Waals surface area contributed by atoms with Crippen molar-refractivity contribution in [2.45, 2.75) is 6.54 Å². The second-order valence-electron chi connectivity index (χ2n) is 4.34. The van der Waals surface area contributed by atoms with Gasteiger partial charge in [-0.2, -0.15) is 0 Å². The molecule has 2 aromatic carbocycles. The second kappa shape index (κ2) is 7.19. The van der Waals surface area contributed by atoms with E-state index in [4.69, 9.17) is 0 Å². The van der Waals surface area contributed by atoms with Gasteiger partial charge in [-0.1, -0.05) is 24.3 Å². The van der Waals surface area contributed by atoms with E-state index in [1.165, 1.54) is 30.5 Å². The van der Waals surface area contributed by atoms with E-state index in [0.29, 0.717) is 12.1 Å². The Bertz CT molecular complexity index is 639. The maximum absolute atomic E-state index is 12.9. The zero-order valence-corrected chi connectivity index (χ0v) is 11.1. The molecule has 0 heterocycles. The van der Waals surface area contributed by atoms with Crippen LogP contribution >= 0.6 is 0 Å². The van der Waals surface area contributed by atoms with Crippen LogP contribution in [0, 0.1) is 11.6 Å². The van der Waals surface area contributed by atoms with Crippen LogP contribution in [0.5, 0.6) is 0 Å². The number of benzene rings is 2. The molecular weight excluding hydrogens is 274 g/mol. The quantitative estimate of drug-likeness (QED) is 0.889. The summed E-state index contributed by atoms with van der Waals surface area (Å²) in [6.45, 7) is 0.292. The average molecular weight is 288 g/mol. The molecule has 0 fully saturated rings. The summed E-state index contributed by atoms with van der Waals surface area (Å²) in [5.41, 5.74) is 1.44. The molecule has 2 rings (SSSR count). The van der Waals surface area contributed by atoms with E-state index in [-0.39, 0.29) is 11.6 Å². The van der Waals surface area contributed by atoms with E-state index in [1.807, 2.05) is 0 Å². The van der Waals surface area contributed by atoms with Gasteiger partial charge in [0, 0.05) is 12.7 Å². The van der Waals surface area contributed by atoms with Crippen LogP contribution in [-0.4, -0.2) is 6.03 Å². The van der Waals surface area contributed by atoms with Crippen molar-refractivity contribution in [2.75, 3.05) is 0 Å². The number of rotatable bonds is 4. The molecule has 2 N–H and O–H groups in total. The first-order valence-corrected chi connectivity index (χ1v) is 6.34. The first kappa shape index (κ1) is 14.7. The van der Waals surface area contributed by atoms with Gasteiger partial charge in [0.15, 0.2) is 0 Å². The van der Waals surface area contributed by atoms with Crippen LogP contribution in [0.2, 0.25) is 0 Å². The average Bonchev–Trinajstić information content (AvgIpc) is 2.47. The number of carbonyl (C=O) groups is 1. The molecule has 0 radical (unpaired) electrons. The van der Waals surface area contributed by atoms with Gasteiger partial charge in [-0.05, 0) is 41.5 Å². The van der Waals surface area contributed by atoms with E-state index in [9.17, 15) is 13.6 Å². The van der Waals surface area contributed by atoms with E-state index >= 15 is 0 Å². The third-order valence-electron chi connectivity index (χ3n) is 2.71. The predicted molar refractivity (Wildman–Crippen MR) is 77.2 cm³/mol. The van der Waals surface area contributed by atoms with Crippen molar-refractivity contribution < 1.29 is 13.6 Å². The summed E-state index contributed by atoms with van der Waals surface area (Å²) in [7, 11) is 0. The molecule has 0 saturated heterocycles. The number of hydrogen-bond donors (Lipinski definition) is 2. The van der Waals surface area contributed by atoms with Crippen molar-refractivity contribution in [1.29, 1.82) is 0 Å². The third-order valence-corrected chi connectivity index (χ3v) is 2.71. The highest BCUT2D eigenvalue weighted by molar-refractivity contribution is 5.75. The van der Waals surface area contributed by atoms with Gasteiger partial charge in [0.25, 0.3) is 0 Å². The van der Waals surface area contributed by atoms with Gasteiger partial charge in [0.05, 0.1) is 0 Å². The standard InChI is InChI=1S/C16H14F2N2O/c17-14-6-4-13(5-7-14)11-20-16(21)19-9-8-12-2-1-3-15(18)10-12/h1-10H,11H2,(H2,19,20,21)/b9-8+. The molecule has 3 nitrogen and oxygen atoms in total. The lowest BCUT2D eigenvalue weighted by Crippen LogP contribution is -2.31. The molecule has 0 spiro atoms. The van der Waals surface area contributed by atoms with Gasteiger partial charge in [-0.3, -0.25) is 0 Å². The molecule has 0 saturated carbocycles. The summed E-state index contributed by atoms with van der Waals surface area (Å²) >= 11 is 0. The molecule has 5 heteroatoms. The Morgan fingerprint density at radius 2 is 1.81 bits per heavy atom. The molecule has 0 aromatic heterocycles. The van der Waals surface area contributed by atoms with Crippen LogP contribution in [-0.2, 0) is 6.54 Å². The van der Waals surface area contributed by atoms with Gasteiger partial charge in [0.1, 0.15) is 11.6 Å². The van der Waals surface area contributed by atoms with Crippen LogP contribution in [0.15, 0.2) is 54.7 Å². The summed E-state index contributed by atoms with van der Waals surface area (Å²) in [6.07, 6.45) is 3.01. The Kier molecular flexibility index (Phi) is 5.04. The number of amides is 2. The number of hydrogen-bond acceptors (Lipinski definition) is 1. The number of urea groups is 1. The highest BCUT2D eigenvalue weighted by Crippen LogP contribution is 2.04. The van der Waals surface area contributed by atoms with E-state index < -0.39 is 6.03 Å². The summed E-state index contributed by atoms with van der Waals surface area (Å²) < 4.78 is 25.6. The van der Waals surface area contributed by atoms with Crippen molar-refractivity contribution in [2.24, 2.45) is 0 Å². The Balaban J connectivity index is 1.78. The minimum atomic E-state index is -0.396. The molecule has 108 valence electrons. The topological polar surface area (TPSA) is 41.1 Å². The van der Waals surface area contributed by atoms with Crippen molar-refractivity contribution in [3.8, 4) is 0 Å². The largest absolute Gasteiger partial charge is 0.334 e. The molecule has 0 aliphatic heterocycles. The Morgan fingerprint density at radius 3 is 2.52 bits per heavy atom. The van der Waals surface area contributed by atoms with Crippen LogP contribution < -0.4 is 10.6 Å². The smallest absolute Gasteiger partial charge is 0.319 e. The van der Waals surface area contributed by atoms with E-state index in [1.54, 1.807) is 30.3 Å². The first-order chi connectivity index (χ1) is 10.1. The fraction of sp³-hybridized carbons (Fsp3) is 0.0625. The molecule has 0 aliphatic rings. The van der Waals surface area contributed by atoms with Gasteiger partial charge in [-0.25, -0.2) is 13.6 Å². The normalized spacial score (nSPS) is 10.6. The van der Waals surface area contributed by atoms with Gasteiger partial charge >= 0.3 is 6.03 Å². The van der Waals surface area contributed by atoms with Crippen molar-refractivity contribution >= 4 is 12.1 Å². The Morgan fingerprint density at radius 1 is 1.05 bits per heavy atom. The lowest BCUT2D eigenvalue weighted by molar-refractivity contribution is 0.244. The summed E-state index contributed by atoms with van der Waals surface area (Å²) in [5, 5.41) is 5.12.